The average Bonchev–Trinajstić information content (AvgIpc) is 3.63. The second-order valence-electron chi connectivity index (χ2n) is 6.87. The van der Waals surface area contributed by atoms with E-state index >= 15 is 0 Å². The number of hydrogen-bond acceptors (Lipinski definition) is 9. The van der Waals surface area contributed by atoms with Gasteiger partial charge in [-0.1, -0.05) is 0 Å². The van der Waals surface area contributed by atoms with Gasteiger partial charge in [-0.3, -0.25) is 0 Å². The number of benzene rings is 1. The fourth-order valence-electron chi connectivity index (χ4n) is 3.06. The van der Waals surface area contributed by atoms with Crippen LogP contribution in [-0.2, 0) is 14.3 Å². The van der Waals surface area contributed by atoms with Crippen LogP contribution in [0.4, 0.5) is 11.5 Å². The lowest BCUT2D eigenvalue weighted by atomic mass is 10.1. The molecule has 1 saturated heterocycles. The Balaban J connectivity index is 0.000000481. The molecule has 2 fully saturated rings. The number of anilines is 2. The number of hydrogen-bond donors (Lipinski definition) is 3. The molecule has 2 heterocycles. The summed E-state index contributed by atoms with van der Waals surface area (Å²) in [6, 6.07) is 9.98. The summed E-state index contributed by atoms with van der Waals surface area (Å²) < 4.78 is 5.65. The molecule has 2 aromatic rings. The molecule has 1 aliphatic heterocycles. The van der Waals surface area contributed by atoms with Crippen LogP contribution in [0.1, 0.15) is 18.5 Å². The number of rotatable bonds is 5. The number of nitrogens with two attached hydrogens (primary N) is 2. The molecule has 30 heavy (non-hydrogen) atoms. The zero-order valence-corrected chi connectivity index (χ0v) is 18.2. The SMILES string of the molecule is C=O.CSC1(c2cc(N3CCOCC3)nc(-c3ccc(N)cc3)n2)CC1.NCCO. The Kier molecular flexibility index (Phi) is 9.51. The highest BCUT2D eigenvalue weighted by atomic mass is 32.2. The monoisotopic (exact) mass is 433 g/mol. The lowest BCUT2D eigenvalue weighted by Crippen LogP contribution is -2.37. The van der Waals surface area contributed by atoms with E-state index in [1.165, 1.54) is 12.8 Å². The average molecular weight is 434 g/mol. The first-order valence-corrected chi connectivity index (χ1v) is 11.1. The van der Waals surface area contributed by atoms with Gasteiger partial charge in [-0.05, 0) is 43.4 Å². The van der Waals surface area contributed by atoms with Crippen LogP contribution in [0.15, 0.2) is 30.3 Å². The van der Waals surface area contributed by atoms with Crippen molar-refractivity contribution < 1.29 is 14.6 Å². The lowest BCUT2D eigenvalue weighted by Gasteiger charge is -2.29. The molecule has 0 radical (unpaired) electrons. The summed E-state index contributed by atoms with van der Waals surface area (Å²) in [6.07, 6.45) is 4.55. The van der Waals surface area contributed by atoms with Gasteiger partial charge in [0.05, 0.1) is 30.3 Å². The number of aliphatic hydroxyl groups excluding tert-OH is 1. The molecule has 1 aliphatic carbocycles. The van der Waals surface area contributed by atoms with Crippen molar-refractivity contribution in [2.45, 2.75) is 17.6 Å². The molecule has 0 unspecified atom stereocenters. The number of nitrogen functional groups attached to an aromatic ring is 1. The maximum Gasteiger partial charge on any atom is 0.161 e. The Morgan fingerprint density at radius 3 is 2.30 bits per heavy atom. The molecule has 5 N–H and O–H groups in total. The fraction of sp³-hybridized carbons (Fsp3) is 0.476. The maximum atomic E-state index is 8.00. The third-order valence-electron chi connectivity index (χ3n) is 4.91. The number of aromatic nitrogens is 2. The Hall–Kier alpha value is -2.20. The van der Waals surface area contributed by atoms with Crippen LogP contribution in [0, 0.1) is 0 Å². The zero-order chi connectivity index (χ0) is 22.0. The molecular formula is C21H31N5O3S. The van der Waals surface area contributed by atoms with E-state index in [4.69, 9.17) is 36.1 Å². The molecule has 0 bridgehead atoms. The first-order chi connectivity index (χ1) is 14.6. The second-order valence-corrected chi connectivity index (χ2v) is 8.06. The number of ether oxygens (including phenoxy) is 1. The van der Waals surface area contributed by atoms with Crippen LogP contribution in [0.5, 0.6) is 0 Å². The van der Waals surface area contributed by atoms with Crippen molar-refractivity contribution in [1.82, 2.24) is 9.97 Å². The van der Waals surface area contributed by atoms with Crippen molar-refractivity contribution in [3.05, 3.63) is 36.0 Å². The van der Waals surface area contributed by atoms with Crippen LogP contribution < -0.4 is 16.4 Å². The van der Waals surface area contributed by atoms with Gasteiger partial charge < -0.3 is 31.0 Å². The van der Waals surface area contributed by atoms with Gasteiger partial charge in [-0.15, -0.1) is 0 Å². The second kappa shape index (κ2) is 11.8. The van der Waals surface area contributed by atoms with Crippen LogP contribution >= 0.6 is 11.8 Å². The minimum Gasteiger partial charge on any atom is -0.399 e. The van der Waals surface area contributed by atoms with Crippen molar-refractivity contribution in [2.75, 3.05) is 56.3 Å². The topological polar surface area (TPSA) is 128 Å². The van der Waals surface area contributed by atoms with Crippen LogP contribution in [0.25, 0.3) is 11.4 Å². The molecule has 0 atom stereocenters. The molecule has 9 heteroatoms. The Labute approximate surface area is 182 Å². The van der Waals surface area contributed by atoms with E-state index < -0.39 is 0 Å². The van der Waals surface area contributed by atoms with Gasteiger partial charge in [0.25, 0.3) is 0 Å². The molecule has 1 aromatic carbocycles. The zero-order valence-electron chi connectivity index (χ0n) is 17.4. The predicted molar refractivity (Wildman–Crippen MR) is 123 cm³/mol. The maximum absolute atomic E-state index is 8.00. The number of thioether (sulfide) groups is 1. The summed E-state index contributed by atoms with van der Waals surface area (Å²) in [4.78, 5) is 20.0. The van der Waals surface area contributed by atoms with Crippen molar-refractivity contribution >= 4 is 30.1 Å². The summed E-state index contributed by atoms with van der Waals surface area (Å²) in [5.74, 6) is 1.80. The minimum absolute atomic E-state index is 0.0972. The van der Waals surface area contributed by atoms with Gasteiger partial charge in [0.1, 0.15) is 12.6 Å². The van der Waals surface area contributed by atoms with Gasteiger partial charge in [0, 0.05) is 37.0 Å². The molecular weight excluding hydrogens is 402 g/mol. The van der Waals surface area contributed by atoms with Gasteiger partial charge in [-0.2, -0.15) is 11.8 Å². The lowest BCUT2D eigenvalue weighted by molar-refractivity contribution is -0.0979. The van der Waals surface area contributed by atoms with E-state index in [9.17, 15) is 0 Å². The van der Waals surface area contributed by atoms with E-state index in [0.29, 0.717) is 6.54 Å². The van der Waals surface area contributed by atoms with Crippen molar-refractivity contribution in [2.24, 2.45) is 5.73 Å². The highest BCUT2D eigenvalue weighted by Gasteiger charge is 2.45. The van der Waals surface area contributed by atoms with Crippen LogP contribution in [-0.4, -0.2) is 67.6 Å². The van der Waals surface area contributed by atoms with Crippen molar-refractivity contribution in [1.29, 1.82) is 0 Å². The Morgan fingerprint density at radius 2 is 1.80 bits per heavy atom. The summed E-state index contributed by atoms with van der Waals surface area (Å²) >= 11 is 1.90. The van der Waals surface area contributed by atoms with E-state index in [0.717, 1.165) is 54.9 Å². The number of carbonyl (C=O) groups excluding carboxylic acids is 1. The molecule has 4 rings (SSSR count). The summed E-state index contributed by atoms with van der Waals surface area (Å²) in [5.41, 5.74) is 13.5. The standard InChI is InChI=1S/C18H22N4OS.C2H7NO.CH2O/c1-24-18(6-7-18)15-12-16(22-8-10-23-11-9-22)21-17(20-15)13-2-4-14(19)5-3-13;3-1-2-4;1-2/h2-5,12H,6-11,19H2,1H3;4H,1-3H2;1H2. The third kappa shape index (κ3) is 6.15. The van der Waals surface area contributed by atoms with E-state index in [2.05, 4.69) is 17.2 Å². The van der Waals surface area contributed by atoms with Crippen molar-refractivity contribution in [3.63, 3.8) is 0 Å². The van der Waals surface area contributed by atoms with E-state index in [1.807, 2.05) is 42.8 Å². The summed E-state index contributed by atoms with van der Waals surface area (Å²) in [5, 5.41) is 7.75. The summed E-state index contributed by atoms with van der Waals surface area (Å²) in [6.45, 7) is 5.74. The minimum atomic E-state index is 0.0972. The molecule has 2 aliphatic rings. The summed E-state index contributed by atoms with van der Waals surface area (Å²) in [7, 11) is 0. The fourth-order valence-corrected chi connectivity index (χ4v) is 3.89. The highest BCUT2D eigenvalue weighted by molar-refractivity contribution is 7.99. The smallest absolute Gasteiger partial charge is 0.161 e. The highest BCUT2D eigenvalue weighted by Crippen LogP contribution is 2.55. The molecule has 1 aromatic heterocycles. The number of aliphatic hydroxyl groups is 1. The van der Waals surface area contributed by atoms with E-state index in [-0.39, 0.29) is 11.4 Å². The Morgan fingerprint density at radius 1 is 1.20 bits per heavy atom. The van der Waals surface area contributed by atoms with Gasteiger partial charge in [-0.25, -0.2) is 9.97 Å². The first-order valence-electron chi connectivity index (χ1n) is 9.85. The van der Waals surface area contributed by atoms with E-state index in [1.54, 1.807) is 0 Å². The number of carbonyl (C=O) groups is 1. The largest absolute Gasteiger partial charge is 0.399 e. The molecule has 164 valence electrons. The van der Waals surface area contributed by atoms with Crippen molar-refractivity contribution in [3.8, 4) is 11.4 Å². The Bertz CT molecular complexity index is 779. The molecule has 0 amide bonds. The predicted octanol–water partition coefficient (Wildman–Crippen LogP) is 1.67. The number of morpholine rings is 1. The van der Waals surface area contributed by atoms with Gasteiger partial charge in [0.15, 0.2) is 5.82 Å². The third-order valence-corrected chi connectivity index (χ3v) is 6.31. The van der Waals surface area contributed by atoms with Gasteiger partial charge >= 0.3 is 0 Å². The van der Waals surface area contributed by atoms with Gasteiger partial charge in [0.2, 0.25) is 0 Å². The molecule has 8 nitrogen and oxygen atoms in total. The molecule has 1 saturated carbocycles. The number of nitrogens with zero attached hydrogens (tertiary/aromatic N) is 3. The van der Waals surface area contributed by atoms with Crippen LogP contribution in [0.3, 0.4) is 0 Å². The molecule has 0 spiro atoms. The van der Waals surface area contributed by atoms with Crippen LogP contribution in [0.2, 0.25) is 0 Å². The quantitative estimate of drug-likeness (QED) is 0.603. The normalized spacial score (nSPS) is 16.6. The first kappa shape index (κ1) is 24.1.